The normalized spacial score (nSPS) is 13.9. The SMILES string of the molecule is Fc1ccccc1C(F)(C(F)(F)F)C(F)(F)F. The number of alkyl halides is 7. The highest BCUT2D eigenvalue weighted by atomic mass is 19.4. The Balaban J connectivity index is 3.53. The third-order valence-corrected chi connectivity index (χ3v) is 2.03. The Bertz CT molecular complexity index is 388. The number of halogens is 8. The van der Waals surface area contributed by atoms with Crippen molar-refractivity contribution in [2.75, 3.05) is 0 Å². The summed E-state index contributed by atoms with van der Waals surface area (Å²) < 4.78 is 99.4. The van der Waals surface area contributed by atoms with Crippen LogP contribution in [-0.2, 0) is 5.67 Å². The molecule has 96 valence electrons. The fraction of sp³-hybridized carbons (Fsp3) is 0.333. The number of benzene rings is 1. The van der Waals surface area contributed by atoms with E-state index < -0.39 is 29.4 Å². The van der Waals surface area contributed by atoms with Crippen LogP contribution in [0.4, 0.5) is 35.1 Å². The second kappa shape index (κ2) is 3.85. The molecule has 0 heterocycles. The van der Waals surface area contributed by atoms with E-state index in [1.54, 1.807) is 0 Å². The summed E-state index contributed by atoms with van der Waals surface area (Å²) in [7, 11) is 0. The first-order valence-electron chi connectivity index (χ1n) is 4.09. The van der Waals surface area contributed by atoms with Crippen molar-refractivity contribution in [3.63, 3.8) is 0 Å². The van der Waals surface area contributed by atoms with Crippen LogP contribution in [0.15, 0.2) is 24.3 Å². The standard InChI is InChI=1S/C9H4F8/c10-6-4-2-1-3-5(6)7(11,8(12,13)14)9(15,16)17/h1-4H. The van der Waals surface area contributed by atoms with E-state index in [2.05, 4.69) is 0 Å². The predicted molar refractivity (Wildman–Crippen MR) is 41.3 cm³/mol. The molecule has 0 aliphatic carbocycles. The molecular weight excluding hydrogens is 260 g/mol. The summed E-state index contributed by atoms with van der Waals surface area (Å²) in [5.41, 5.74) is -7.81. The molecule has 1 aromatic rings. The summed E-state index contributed by atoms with van der Waals surface area (Å²) in [6, 6.07) is 1.97. The molecule has 8 heteroatoms. The first kappa shape index (κ1) is 13.7. The van der Waals surface area contributed by atoms with Gasteiger partial charge in [0, 0.05) is 5.56 Å². The van der Waals surface area contributed by atoms with Gasteiger partial charge in [0.15, 0.2) is 0 Å². The number of rotatable bonds is 1. The second-order valence-corrected chi connectivity index (χ2v) is 3.13. The molecule has 0 radical (unpaired) electrons. The molecule has 0 aliphatic heterocycles. The summed E-state index contributed by atoms with van der Waals surface area (Å²) in [6.45, 7) is 0. The molecule has 1 aromatic carbocycles. The predicted octanol–water partition coefficient (Wildman–Crippen LogP) is 4.12. The lowest BCUT2D eigenvalue weighted by atomic mass is 9.94. The minimum atomic E-state index is -6.30. The van der Waals surface area contributed by atoms with Gasteiger partial charge in [-0.15, -0.1) is 0 Å². The minimum absolute atomic E-state index is 0.107. The Labute approximate surface area is 89.9 Å². The zero-order chi connectivity index (χ0) is 13.5. The van der Waals surface area contributed by atoms with Gasteiger partial charge in [-0.2, -0.15) is 26.3 Å². The molecular formula is C9H4F8. The van der Waals surface area contributed by atoms with E-state index in [0.29, 0.717) is 12.1 Å². The molecule has 1 rings (SSSR count). The Kier molecular flexibility index (Phi) is 3.11. The molecule has 0 atom stereocenters. The Hall–Kier alpha value is -1.34. The van der Waals surface area contributed by atoms with E-state index in [4.69, 9.17) is 0 Å². The lowest BCUT2D eigenvalue weighted by Gasteiger charge is -2.30. The van der Waals surface area contributed by atoms with Crippen molar-refractivity contribution in [3.05, 3.63) is 35.6 Å². The highest BCUT2D eigenvalue weighted by Crippen LogP contribution is 2.53. The topological polar surface area (TPSA) is 0 Å². The van der Waals surface area contributed by atoms with E-state index in [1.165, 1.54) is 0 Å². The van der Waals surface area contributed by atoms with E-state index >= 15 is 0 Å². The first-order valence-corrected chi connectivity index (χ1v) is 4.09. The van der Waals surface area contributed by atoms with Crippen LogP contribution in [-0.4, -0.2) is 12.4 Å². The molecule has 0 aliphatic rings. The van der Waals surface area contributed by atoms with E-state index in [1.807, 2.05) is 0 Å². The van der Waals surface area contributed by atoms with Gasteiger partial charge in [0.1, 0.15) is 5.82 Å². The zero-order valence-corrected chi connectivity index (χ0v) is 7.83. The van der Waals surface area contributed by atoms with Crippen molar-refractivity contribution < 1.29 is 35.1 Å². The Morgan fingerprint density at radius 3 is 1.47 bits per heavy atom. The van der Waals surface area contributed by atoms with Gasteiger partial charge in [0.05, 0.1) is 0 Å². The molecule has 0 amide bonds. The number of hydrogen-bond donors (Lipinski definition) is 0. The zero-order valence-electron chi connectivity index (χ0n) is 7.83. The molecule has 0 N–H and O–H groups in total. The van der Waals surface area contributed by atoms with Gasteiger partial charge in [-0.05, 0) is 6.07 Å². The van der Waals surface area contributed by atoms with Crippen molar-refractivity contribution in [3.8, 4) is 0 Å². The summed E-state index contributed by atoms with van der Waals surface area (Å²) in [5, 5.41) is 0. The molecule has 0 saturated heterocycles. The van der Waals surface area contributed by atoms with Gasteiger partial charge in [-0.3, -0.25) is 0 Å². The van der Waals surface area contributed by atoms with Crippen molar-refractivity contribution in [1.82, 2.24) is 0 Å². The van der Waals surface area contributed by atoms with Crippen LogP contribution in [0.1, 0.15) is 5.56 Å². The van der Waals surface area contributed by atoms with Crippen molar-refractivity contribution in [2.24, 2.45) is 0 Å². The largest absolute Gasteiger partial charge is 0.436 e. The summed E-state index contributed by atoms with van der Waals surface area (Å²) in [4.78, 5) is 0. The lowest BCUT2D eigenvalue weighted by Crippen LogP contribution is -2.50. The number of hydrogen-bond acceptors (Lipinski definition) is 0. The van der Waals surface area contributed by atoms with Gasteiger partial charge in [0.2, 0.25) is 0 Å². The van der Waals surface area contributed by atoms with Crippen molar-refractivity contribution >= 4 is 0 Å². The van der Waals surface area contributed by atoms with Crippen LogP contribution in [0.2, 0.25) is 0 Å². The Morgan fingerprint density at radius 2 is 1.12 bits per heavy atom. The fourth-order valence-electron chi connectivity index (χ4n) is 1.21. The average molecular weight is 264 g/mol. The molecule has 0 bridgehead atoms. The highest BCUT2D eigenvalue weighted by Gasteiger charge is 2.74. The van der Waals surface area contributed by atoms with E-state index in [-0.39, 0.29) is 6.07 Å². The molecule has 0 spiro atoms. The maximum Gasteiger partial charge on any atom is 0.436 e. The van der Waals surface area contributed by atoms with Crippen LogP contribution in [0.5, 0.6) is 0 Å². The molecule has 0 saturated carbocycles. The smallest absolute Gasteiger partial charge is 0.218 e. The average Bonchev–Trinajstić information content (AvgIpc) is 2.13. The quantitative estimate of drug-likeness (QED) is 0.669. The van der Waals surface area contributed by atoms with E-state index in [0.717, 1.165) is 6.07 Å². The van der Waals surface area contributed by atoms with Gasteiger partial charge in [-0.1, -0.05) is 18.2 Å². The molecule has 17 heavy (non-hydrogen) atoms. The summed E-state index contributed by atoms with van der Waals surface area (Å²) in [5.74, 6) is -1.91. The van der Waals surface area contributed by atoms with Crippen LogP contribution >= 0.6 is 0 Å². The highest BCUT2D eigenvalue weighted by molar-refractivity contribution is 5.28. The van der Waals surface area contributed by atoms with Gasteiger partial charge in [0.25, 0.3) is 0 Å². The lowest BCUT2D eigenvalue weighted by molar-refractivity contribution is -0.349. The molecule has 0 fully saturated rings. The van der Waals surface area contributed by atoms with E-state index in [9.17, 15) is 35.1 Å². The van der Waals surface area contributed by atoms with Crippen LogP contribution < -0.4 is 0 Å². The monoisotopic (exact) mass is 264 g/mol. The van der Waals surface area contributed by atoms with Gasteiger partial charge >= 0.3 is 18.0 Å². The van der Waals surface area contributed by atoms with Crippen molar-refractivity contribution in [2.45, 2.75) is 18.0 Å². The molecule has 0 nitrogen and oxygen atoms in total. The van der Waals surface area contributed by atoms with Crippen LogP contribution in [0, 0.1) is 5.82 Å². The summed E-state index contributed by atoms with van der Waals surface area (Å²) >= 11 is 0. The third-order valence-electron chi connectivity index (χ3n) is 2.03. The molecule has 0 aromatic heterocycles. The van der Waals surface area contributed by atoms with Crippen molar-refractivity contribution in [1.29, 1.82) is 0 Å². The van der Waals surface area contributed by atoms with Gasteiger partial charge in [-0.25, -0.2) is 8.78 Å². The first-order chi connectivity index (χ1) is 7.52. The second-order valence-electron chi connectivity index (χ2n) is 3.13. The molecule has 0 unspecified atom stereocenters. The van der Waals surface area contributed by atoms with Crippen LogP contribution in [0.25, 0.3) is 0 Å². The maximum atomic E-state index is 13.3. The van der Waals surface area contributed by atoms with Crippen LogP contribution in [0.3, 0.4) is 0 Å². The Morgan fingerprint density at radius 1 is 0.706 bits per heavy atom. The minimum Gasteiger partial charge on any atom is -0.218 e. The third kappa shape index (κ3) is 2.07. The fourth-order valence-corrected chi connectivity index (χ4v) is 1.21. The maximum absolute atomic E-state index is 13.3. The summed E-state index contributed by atoms with van der Waals surface area (Å²) in [6.07, 6.45) is -12.6. The van der Waals surface area contributed by atoms with Gasteiger partial charge < -0.3 is 0 Å².